The maximum atomic E-state index is 14.7. The van der Waals surface area contributed by atoms with Crippen molar-refractivity contribution >= 4 is 50.8 Å². The van der Waals surface area contributed by atoms with Crippen molar-refractivity contribution in [1.29, 1.82) is 0 Å². The third-order valence-corrected chi connectivity index (χ3v) is 7.44. The first-order chi connectivity index (χ1) is 19.3. The van der Waals surface area contributed by atoms with Crippen LogP contribution >= 0.6 is 23.2 Å². The van der Waals surface area contributed by atoms with Gasteiger partial charge in [0, 0.05) is 17.5 Å². The molecule has 0 fully saturated rings. The standard InChI is InChI=1S/C27H23Cl2F3N2O6S/c1-39-27(36)22(33-26(35)24-20(31)11-15(12-21(24)32)34-41(2,37)38)8-13-5-6-17(25-16(13)4-3-7-40-25)23-18(28)9-14(30)10-19(23)29/h5-6,9-12,22,34H,3-4,7-8H2,1-2H3,(H,33,35)/t22-/m0/s1. The summed E-state index contributed by atoms with van der Waals surface area (Å²) in [5.74, 6) is -5.02. The Morgan fingerprint density at radius 3 is 2.29 bits per heavy atom. The number of hydrogen-bond donors (Lipinski definition) is 2. The van der Waals surface area contributed by atoms with Crippen molar-refractivity contribution in [1.82, 2.24) is 5.32 Å². The Morgan fingerprint density at radius 2 is 1.71 bits per heavy atom. The molecule has 218 valence electrons. The number of anilines is 1. The number of fused-ring (bicyclic) bond motifs is 1. The molecule has 41 heavy (non-hydrogen) atoms. The lowest BCUT2D eigenvalue weighted by Gasteiger charge is -2.26. The average molecular weight is 631 g/mol. The zero-order valence-corrected chi connectivity index (χ0v) is 23.9. The van der Waals surface area contributed by atoms with E-state index in [9.17, 15) is 31.2 Å². The fraction of sp³-hybridized carbons (Fsp3) is 0.259. The van der Waals surface area contributed by atoms with E-state index in [1.54, 1.807) is 12.1 Å². The van der Waals surface area contributed by atoms with Crippen LogP contribution in [0.3, 0.4) is 0 Å². The van der Waals surface area contributed by atoms with E-state index in [-0.39, 0.29) is 16.5 Å². The molecule has 3 aromatic carbocycles. The number of esters is 1. The van der Waals surface area contributed by atoms with Crippen LogP contribution in [0.25, 0.3) is 11.1 Å². The lowest BCUT2D eigenvalue weighted by Crippen LogP contribution is -2.43. The molecule has 0 aromatic heterocycles. The first-order valence-corrected chi connectivity index (χ1v) is 14.7. The molecular weight excluding hydrogens is 608 g/mol. The number of halogens is 5. The highest BCUT2D eigenvalue weighted by atomic mass is 35.5. The van der Waals surface area contributed by atoms with Gasteiger partial charge < -0.3 is 14.8 Å². The second-order valence-corrected chi connectivity index (χ2v) is 11.8. The number of amides is 1. The van der Waals surface area contributed by atoms with E-state index >= 15 is 0 Å². The predicted octanol–water partition coefficient (Wildman–Crippen LogP) is 5.29. The van der Waals surface area contributed by atoms with Gasteiger partial charge in [0.2, 0.25) is 10.0 Å². The van der Waals surface area contributed by atoms with E-state index < -0.39 is 56.6 Å². The molecule has 1 amide bonds. The lowest BCUT2D eigenvalue weighted by molar-refractivity contribution is -0.142. The van der Waals surface area contributed by atoms with Crippen LogP contribution in [-0.4, -0.2) is 46.3 Å². The summed E-state index contributed by atoms with van der Waals surface area (Å²) in [7, 11) is -2.74. The molecule has 0 spiro atoms. The van der Waals surface area contributed by atoms with Gasteiger partial charge in [-0.1, -0.05) is 35.3 Å². The molecule has 0 saturated carbocycles. The van der Waals surface area contributed by atoms with Crippen LogP contribution < -0.4 is 14.8 Å². The van der Waals surface area contributed by atoms with Gasteiger partial charge in [0.15, 0.2) is 0 Å². The number of sulfonamides is 1. The summed E-state index contributed by atoms with van der Waals surface area (Å²) in [6, 6.07) is 5.46. The molecule has 14 heteroatoms. The fourth-order valence-corrected chi connectivity index (χ4v) is 5.78. The summed E-state index contributed by atoms with van der Waals surface area (Å²) in [5, 5.41) is 2.44. The third-order valence-electron chi connectivity index (χ3n) is 6.24. The second-order valence-electron chi connectivity index (χ2n) is 9.22. The number of ether oxygens (including phenoxy) is 2. The van der Waals surface area contributed by atoms with E-state index in [1.165, 1.54) is 0 Å². The van der Waals surface area contributed by atoms with E-state index in [2.05, 4.69) is 5.32 Å². The molecular formula is C27H23Cl2F3N2O6S. The van der Waals surface area contributed by atoms with Crippen LogP contribution in [0.5, 0.6) is 5.75 Å². The molecule has 8 nitrogen and oxygen atoms in total. The summed E-state index contributed by atoms with van der Waals surface area (Å²) in [4.78, 5) is 25.6. The summed E-state index contributed by atoms with van der Waals surface area (Å²) in [6.45, 7) is 0.375. The van der Waals surface area contributed by atoms with Gasteiger partial charge >= 0.3 is 5.97 Å². The van der Waals surface area contributed by atoms with Gasteiger partial charge in [-0.05, 0) is 48.2 Å². The minimum absolute atomic E-state index is 0.0700. The smallest absolute Gasteiger partial charge is 0.328 e. The first kappa shape index (κ1) is 30.5. The average Bonchev–Trinajstić information content (AvgIpc) is 2.86. The molecule has 1 atom stereocenters. The maximum absolute atomic E-state index is 14.7. The predicted molar refractivity (Wildman–Crippen MR) is 147 cm³/mol. The molecule has 0 bridgehead atoms. The van der Waals surface area contributed by atoms with Gasteiger partial charge in [-0.2, -0.15) is 0 Å². The Kier molecular flexibility index (Phi) is 9.05. The zero-order valence-electron chi connectivity index (χ0n) is 21.6. The highest BCUT2D eigenvalue weighted by Gasteiger charge is 2.29. The van der Waals surface area contributed by atoms with Crippen molar-refractivity contribution in [3.63, 3.8) is 0 Å². The van der Waals surface area contributed by atoms with Gasteiger partial charge in [0.05, 0.1) is 35.7 Å². The molecule has 1 aliphatic heterocycles. The van der Waals surface area contributed by atoms with Gasteiger partial charge in [-0.3, -0.25) is 9.52 Å². The quantitative estimate of drug-likeness (QED) is 0.327. The zero-order chi connectivity index (χ0) is 30.1. The summed E-state index contributed by atoms with van der Waals surface area (Å²) >= 11 is 12.6. The van der Waals surface area contributed by atoms with Crippen LogP contribution in [0.1, 0.15) is 27.9 Å². The number of rotatable bonds is 8. The minimum Gasteiger partial charge on any atom is -0.493 e. The molecule has 1 heterocycles. The molecule has 0 radical (unpaired) electrons. The molecule has 0 saturated heterocycles. The normalized spacial score (nSPS) is 13.5. The molecule has 2 N–H and O–H groups in total. The summed E-state index contributed by atoms with van der Waals surface area (Å²) < 4.78 is 78.7. The summed E-state index contributed by atoms with van der Waals surface area (Å²) in [5.41, 5.74) is 0.682. The van der Waals surface area contributed by atoms with Gasteiger partial charge in [0.25, 0.3) is 5.91 Å². The van der Waals surface area contributed by atoms with Gasteiger partial charge in [-0.15, -0.1) is 0 Å². The van der Waals surface area contributed by atoms with Gasteiger partial charge in [-0.25, -0.2) is 26.4 Å². The van der Waals surface area contributed by atoms with E-state index in [0.717, 1.165) is 25.5 Å². The lowest BCUT2D eigenvalue weighted by atomic mass is 9.90. The second kappa shape index (κ2) is 12.2. The Hall–Kier alpha value is -3.48. The van der Waals surface area contributed by atoms with E-state index in [4.69, 9.17) is 32.7 Å². The van der Waals surface area contributed by atoms with Crippen LogP contribution in [-0.2, 0) is 32.4 Å². The van der Waals surface area contributed by atoms with Crippen molar-refractivity contribution in [3.8, 4) is 16.9 Å². The number of benzene rings is 3. The number of carbonyl (C=O) groups is 2. The molecule has 1 aliphatic rings. The highest BCUT2D eigenvalue weighted by molar-refractivity contribution is 7.92. The Morgan fingerprint density at radius 1 is 1.07 bits per heavy atom. The van der Waals surface area contributed by atoms with Crippen molar-refractivity contribution in [2.24, 2.45) is 0 Å². The van der Waals surface area contributed by atoms with E-state index in [1.807, 2.05) is 4.72 Å². The molecule has 0 aliphatic carbocycles. The van der Waals surface area contributed by atoms with Crippen molar-refractivity contribution < 1.29 is 40.7 Å². The fourth-order valence-electron chi connectivity index (χ4n) is 4.57. The first-order valence-electron chi connectivity index (χ1n) is 12.1. The van der Waals surface area contributed by atoms with Gasteiger partial charge in [0.1, 0.15) is 34.8 Å². The third kappa shape index (κ3) is 6.88. The minimum atomic E-state index is -3.83. The van der Waals surface area contributed by atoms with Crippen LogP contribution in [0.4, 0.5) is 18.9 Å². The van der Waals surface area contributed by atoms with Crippen LogP contribution in [0, 0.1) is 17.5 Å². The van der Waals surface area contributed by atoms with Crippen LogP contribution in [0.15, 0.2) is 36.4 Å². The highest BCUT2D eigenvalue weighted by Crippen LogP contribution is 2.44. The Balaban J connectivity index is 1.67. The van der Waals surface area contributed by atoms with Crippen molar-refractivity contribution in [3.05, 3.63) is 80.6 Å². The number of carbonyl (C=O) groups excluding carboxylic acids is 2. The molecule has 3 aromatic rings. The number of hydrogen-bond acceptors (Lipinski definition) is 6. The topological polar surface area (TPSA) is 111 Å². The Bertz CT molecular complexity index is 1610. The number of nitrogens with one attached hydrogen (secondary N) is 2. The summed E-state index contributed by atoms with van der Waals surface area (Å²) in [6.07, 6.45) is 1.82. The van der Waals surface area contributed by atoms with Crippen molar-refractivity contribution in [2.45, 2.75) is 25.3 Å². The SMILES string of the molecule is COC(=O)[C@H](Cc1ccc(-c2c(Cl)cc(F)cc2Cl)c2c1CCCO2)NC(=O)c1c(F)cc(NS(C)(=O)=O)cc1F. The monoisotopic (exact) mass is 630 g/mol. The largest absolute Gasteiger partial charge is 0.493 e. The molecule has 4 rings (SSSR count). The maximum Gasteiger partial charge on any atom is 0.328 e. The van der Waals surface area contributed by atoms with E-state index in [0.29, 0.717) is 59.6 Å². The van der Waals surface area contributed by atoms with Crippen molar-refractivity contribution in [2.75, 3.05) is 24.7 Å². The van der Waals surface area contributed by atoms with Crippen LogP contribution in [0.2, 0.25) is 10.0 Å². The molecule has 0 unspecified atom stereocenters. The Labute approximate surface area is 243 Å². The number of methoxy groups -OCH3 is 1.